The second kappa shape index (κ2) is 7.57. The maximum atomic E-state index is 12.0. The van der Waals surface area contributed by atoms with Gasteiger partial charge in [0.05, 0.1) is 5.75 Å². The van der Waals surface area contributed by atoms with Gasteiger partial charge in [-0.25, -0.2) is 18.1 Å². The molecule has 1 aromatic rings. The number of aromatic nitrogens is 1. The second-order valence-electron chi connectivity index (χ2n) is 4.30. The first-order chi connectivity index (χ1) is 9.80. The van der Waals surface area contributed by atoms with Crippen LogP contribution in [0.2, 0.25) is 0 Å². The predicted octanol–water partition coefficient (Wildman–Crippen LogP) is -0.149. The Morgan fingerprint density at radius 3 is 2.67 bits per heavy atom. The van der Waals surface area contributed by atoms with E-state index in [1.54, 1.807) is 6.92 Å². The summed E-state index contributed by atoms with van der Waals surface area (Å²) >= 11 is 1.18. The van der Waals surface area contributed by atoms with Crippen molar-refractivity contribution in [3.63, 3.8) is 0 Å². The maximum absolute atomic E-state index is 12.0. The van der Waals surface area contributed by atoms with E-state index in [4.69, 9.17) is 5.73 Å². The molecular weight excluding hydrogens is 314 g/mol. The molecule has 21 heavy (non-hydrogen) atoms. The lowest BCUT2D eigenvalue weighted by Crippen LogP contribution is -2.34. The number of nitrogens with zero attached hydrogens (tertiary/aromatic N) is 2. The van der Waals surface area contributed by atoms with Crippen LogP contribution < -0.4 is 20.7 Å². The maximum Gasteiger partial charge on any atom is 0.265 e. The third-order valence-electron chi connectivity index (χ3n) is 2.67. The fraction of sp³-hybridized carbons (Fsp3) is 0.636. The average molecular weight is 335 g/mol. The fourth-order valence-corrected chi connectivity index (χ4v) is 3.33. The predicted molar refractivity (Wildman–Crippen MR) is 85.3 cm³/mol. The number of nitrogens with one attached hydrogen (secondary N) is 2. The van der Waals surface area contributed by atoms with Gasteiger partial charge in [-0.3, -0.25) is 4.79 Å². The molecule has 1 rings (SSSR count). The molecule has 0 saturated carbocycles. The van der Waals surface area contributed by atoms with Crippen molar-refractivity contribution in [2.24, 2.45) is 0 Å². The van der Waals surface area contributed by atoms with Gasteiger partial charge in [-0.1, -0.05) is 18.3 Å². The standard InChI is InChI=1S/C11H21N5O3S2/c1-4-14-21(18,19)7-6-13-10(17)8-9(12)15-11(20-8)16(3)5-2/h14H,4-7,12H2,1-3H3,(H,13,17). The molecule has 120 valence electrons. The van der Waals surface area contributed by atoms with Crippen LogP contribution in [0.15, 0.2) is 0 Å². The number of amides is 1. The number of nitrogen functional groups attached to an aromatic ring is 1. The quantitative estimate of drug-likeness (QED) is 0.608. The molecule has 0 unspecified atom stereocenters. The van der Waals surface area contributed by atoms with E-state index in [0.29, 0.717) is 16.6 Å². The Morgan fingerprint density at radius 1 is 1.43 bits per heavy atom. The van der Waals surface area contributed by atoms with E-state index in [0.717, 1.165) is 6.54 Å². The molecule has 0 bridgehead atoms. The van der Waals surface area contributed by atoms with Crippen molar-refractivity contribution in [3.05, 3.63) is 4.88 Å². The Bertz CT molecular complexity index is 585. The molecule has 0 saturated heterocycles. The first-order valence-corrected chi connectivity index (χ1v) is 9.00. The summed E-state index contributed by atoms with van der Waals surface area (Å²) in [5.74, 6) is -0.428. The average Bonchev–Trinajstić information content (AvgIpc) is 2.79. The third-order valence-corrected chi connectivity index (χ3v) is 5.32. The molecule has 10 heteroatoms. The second-order valence-corrected chi connectivity index (χ2v) is 7.20. The number of carbonyl (C=O) groups excluding carboxylic acids is 1. The van der Waals surface area contributed by atoms with Crippen LogP contribution in [-0.2, 0) is 10.0 Å². The Hall–Kier alpha value is -1.39. The SMILES string of the molecule is CCNS(=O)(=O)CCNC(=O)c1sc(N(C)CC)nc1N. The summed E-state index contributed by atoms with van der Waals surface area (Å²) in [5, 5.41) is 3.19. The Kier molecular flexibility index (Phi) is 6.37. The molecule has 0 atom stereocenters. The van der Waals surface area contributed by atoms with Crippen LogP contribution in [0.25, 0.3) is 0 Å². The van der Waals surface area contributed by atoms with Crippen molar-refractivity contribution in [2.45, 2.75) is 13.8 Å². The minimum Gasteiger partial charge on any atom is -0.382 e. The van der Waals surface area contributed by atoms with Gasteiger partial charge in [0.1, 0.15) is 10.7 Å². The number of anilines is 2. The van der Waals surface area contributed by atoms with Crippen LogP contribution in [0.1, 0.15) is 23.5 Å². The normalized spacial score (nSPS) is 11.4. The van der Waals surface area contributed by atoms with Gasteiger partial charge in [0.25, 0.3) is 5.91 Å². The smallest absolute Gasteiger partial charge is 0.265 e. The lowest BCUT2D eigenvalue weighted by Gasteiger charge is -2.10. The summed E-state index contributed by atoms with van der Waals surface area (Å²) in [6.45, 7) is 4.74. The Morgan fingerprint density at radius 2 is 2.10 bits per heavy atom. The molecule has 0 radical (unpaired) electrons. The van der Waals surface area contributed by atoms with Gasteiger partial charge in [0.2, 0.25) is 10.0 Å². The van der Waals surface area contributed by atoms with E-state index < -0.39 is 15.9 Å². The number of carbonyl (C=O) groups is 1. The van der Waals surface area contributed by atoms with Gasteiger partial charge in [-0.05, 0) is 6.92 Å². The van der Waals surface area contributed by atoms with E-state index >= 15 is 0 Å². The van der Waals surface area contributed by atoms with Crippen LogP contribution in [0.5, 0.6) is 0 Å². The van der Waals surface area contributed by atoms with E-state index in [9.17, 15) is 13.2 Å². The number of thiazole rings is 1. The molecule has 0 spiro atoms. The van der Waals surface area contributed by atoms with Crippen molar-refractivity contribution in [1.82, 2.24) is 15.0 Å². The molecule has 0 aliphatic carbocycles. The largest absolute Gasteiger partial charge is 0.382 e. The van der Waals surface area contributed by atoms with Crippen molar-refractivity contribution in [1.29, 1.82) is 0 Å². The Balaban J connectivity index is 2.62. The number of hydrogen-bond acceptors (Lipinski definition) is 7. The molecule has 1 heterocycles. The van der Waals surface area contributed by atoms with Crippen molar-refractivity contribution < 1.29 is 13.2 Å². The number of hydrogen-bond donors (Lipinski definition) is 3. The molecule has 0 fully saturated rings. The molecule has 1 amide bonds. The molecular formula is C11H21N5O3S2. The van der Waals surface area contributed by atoms with Crippen LogP contribution >= 0.6 is 11.3 Å². The zero-order valence-corrected chi connectivity index (χ0v) is 14.0. The number of nitrogens with two attached hydrogens (primary N) is 1. The molecule has 8 nitrogen and oxygen atoms in total. The van der Waals surface area contributed by atoms with E-state index in [2.05, 4.69) is 15.0 Å². The number of sulfonamides is 1. The highest BCUT2D eigenvalue weighted by Crippen LogP contribution is 2.26. The van der Waals surface area contributed by atoms with Gasteiger partial charge in [-0.15, -0.1) is 0 Å². The fourth-order valence-electron chi connectivity index (χ4n) is 1.45. The highest BCUT2D eigenvalue weighted by atomic mass is 32.2. The van der Waals surface area contributed by atoms with Gasteiger partial charge in [0.15, 0.2) is 5.13 Å². The highest BCUT2D eigenvalue weighted by molar-refractivity contribution is 7.89. The lowest BCUT2D eigenvalue weighted by molar-refractivity contribution is 0.0961. The first kappa shape index (κ1) is 17.7. The zero-order chi connectivity index (χ0) is 16.0. The zero-order valence-electron chi connectivity index (χ0n) is 12.3. The molecule has 1 aromatic heterocycles. The summed E-state index contributed by atoms with van der Waals surface area (Å²) in [5.41, 5.74) is 5.72. The van der Waals surface area contributed by atoms with Gasteiger partial charge >= 0.3 is 0 Å². The van der Waals surface area contributed by atoms with Crippen LogP contribution in [0.3, 0.4) is 0 Å². The van der Waals surface area contributed by atoms with Crippen molar-refractivity contribution in [2.75, 3.05) is 43.1 Å². The van der Waals surface area contributed by atoms with Crippen LogP contribution in [0, 0.1) is 0 Å². The van der Waals surface area contributed by atoms with Crippen LogP contribution in [0.4, 0.5) is 10.9 Å². The monoisotopic (exact) mass is 335 g/mol. The first-order valence-electron chi connectivity index (χ1n) is 6.53. The Labute approximate surface area is 128 Å². The minimum atomic E-state index is -3.35. The lowest BCUT2D eigenvalue weighted by atomic mass is 10.4. The molecule has 4 N–H and O–H groups in total. The van der Waals surface area contributed by atoms with Crippen molar-refractivity contribution >= 4 is 38.2 Å². The van der Waals surface area contributed by atoms with Gasteiger partial charge < -0.3 is 16.0 Å². The van der Waals surface area contributed by atoms with E-state index in [1.165, 1.54) is 11.3 Å². The third kappa shape index (κ3) is 5.14. The minimum absolute atomic E-state index is 0.0183. The van der Waals surface area contributed by atoms with Gasteiger partial charge in [0, 0.05) is 26.7 Å². The summed E-state index contributed by atoms with van der Waals surface area (Å²) in [7, 11) is -1.50. The molecule has 0 aliphatic heterocycles. The summed E-state index contributed by atoms with van der Waals surface area (Å²) in [4.78, 5) is 18.3. The van der Waals surface area contributed by atoms with E-state index in [1.807, 2.05) is 18.9 Å². The topological polar surface area (TPSA) is 117 Å². The molecule has 0 aromatic carbocycles. The molecule has 0 aliphatic rings. The highest BCUT2D eigenvalue weighted by Gasteiger charge is 2.18. The number of rotatable bonds is 8. The van der Waals surface area contributed by atoms with Gasteiger partial charge in [-0.2, -0.15) is 0 Å². The summed E-state index contributed by atoms with van der Waals surface area (Å²) in [6, 6.07) is 0. The summed E-state index contributed by atoms with van der Waals surface area (Å²) in [6.07, 6.45) is 0. The van der Waals surface area contributed by atoms with Crippen LogP contribution in [-0.4, -0.2) is 51.7 Å². The summed E-state index contributed by atoms with van der Waals surface area (Å²) < 4.78 is 25.2. The van der Waals surface area contributed by atoms with E-state index in [-0.39, 0.29) is 18.1 Å². The van der Waals surface area contributed by atoms with Crippen molar-refractivity contribution in [3.8, 4) is 0 Å².